The van der Waals surface area contributed by atoms with Gasteiger partial charge in [-0.2, -0.15) is 4.98 Å². The summed E-state index contributed by atoms with van der Waals surface area (Å²) in [6.07, 6.45) is 2.70. The standard InChI is InChI=1S/C14H23N7O/c1-5-6-15-12-11(13-20-19-10(2)22-13)9-17-14(18-12)16-7-8-21(3)4/h9H,5-8H2,1-4H3,(H2,15,16,17,18). The van der Waals surface area contributed by atoms with E-state index in [9.17, 15) is 0 Å². The third-order valence-corrected chi connectivity index (χ3v) is 2.93. The first-order chi connectivity index (χ1) is 10.6. The van der Waals surface area contributed by atoms with Gasteiger partial charge in [-0.15, -0.1) is 10.2 Å². The molecule has 0 unspecified atom stereocenters. The van der Waals surface area contributed by atoms with Crippen LogP contribution in [0.5, 0.6) is 0 Å². The normalized spacial score (nSPS) is 11.0. The summed E-state index contributed by atoms with van der Waals surface area (Å²) >= 11 is 0. The van der Waals surface area contributed by atoms with Crippen LogP contribution in [0.25, 0.3) is 11.5 Å². The van der Waals surface area contributed by atoms with Crippen molar-refractivity contribution in [3.05, 3.63) is 12.1 Å². The van der Waals surface area contributed by atoms with Crippen LogP contribution in [0, 0.1) is 6.92 Å². The van der Waals surface area contributed by atoms with Crippen LogP contribution >= 0.6 is 0 Å². The van der Waals surface area contributed by atoms with Gasteiger partial charge < -0.3 is 20.0 Å². The number of anilines is 2. The molecule has 0 spiro atoms. The van der Waals surface area contributed by atoms with E-state index in [0.29, 0.717) is 29.1 Å². The van der Waals surface area contributed by atoms with Crippen LogP contribution in [0.15, 0.2) is 10.6 Å². The molecule has 0 fully saturated rings. The van der Waals surface area contributed by atoms with Gasteiger partial charge in [0, 0.05) is 32.8 Å². The maximum Gasteiger partial charge on any atom is 0.253 e. The third kappa shape index (κ3) is 4.39. The Balaban J connectivity index is 2.18. The molecule has 22 heavy (non-hydrogen) atoms. The molecule has 0 aliphatic carbocycles. The second kappa shape index (κ2) is 7.69. The Kier molecular flexibility index (Phi) is 5.65. The first-order valence-electron chi connectivity index (χ1n) is 7.40. The zero-order valence-corrected chi connectivity index (χ0v) is 13.6. The molecular weight excluding hydrogens is 282 g/mol. The van der Waals surface area contributed by atoms with Gasteiger partial charge in [0.2, 0.25) is 11.8 Å². The van der Waals surface area contributed by atoms with Crippen LogP contribution in [-0.4, -0.2) is 58.8 Å². The van der Waals surface area contributed by atoms with Gasteiger partial charge in [0.15, 0.2) is 0 Å². The van der Waals surface area contributed by atoms with Gasteiger partial charge in [-0.1, -0.05) is 6.92 Å². The van der Waals surface area contributed by atoms with E-state index in [1.54, 1.807) is 13.1 Å². The molecule has 2 aromatic rings. The van der Waals surface area contributed by atoms with E-state index in [4.69, 9.17) is 4.42 Å². The van der Waals surface area contributed by atoms with Crippen LogP contribution in [0.4, 0.5) is 11.8 Å². The fraction of sp³-hybridized carbons (Fsp3) is 0.571. The number of aryl methyl sites for hydroxylation is 1. The Morgan fingerprint density at radius 3 is 2.64 bits per heavy atom. The van der Waals surface area contributed by atoms with Crippen LogP contribution in [0.3, 0.4) is 0 Å². The Hall–Kier alpha value is -2.22. The largest absolute Gasteiger partial charge is 0.421 e. The zero-order chi connectivity index (χ0) is 15.9. The zero-order valence-electron chi connectivity index (χ0n) is 13.6. The Labute approximate surface area is 130 Å². The van der Waals surface area contributed by atoms with Crippen molar-refractivity contribution < 1.29 is 4.42 Å². The van der Waals surface area contributed by atoms with E-state index in [-0.39, 0.29) is 0 Å². The van der Waals surface area contributed by atoms with E-state index in [1.807, 2.05) is 14.1 Å². The highest BCUT2D eigenvalue weighted by atomic mass is 16.4. The van der Waals surface area contributed by atoms with Crippen molar-refractivity contribution in [2.45, 2.75) is 20.3 Å². The van der Waals surface area contributed by atoms with Gasteiger partial charge in [-0.05, 0) is 20.5 Å². The second-order valence-corrected chi connectivity index (χ2v) is 5.24. The minimum absolute atomic E-state index is 0.427. The van der Waals surface area contributed by atoms with Gasteiger partial charge in [0.1, 0.15) is 5.82 Å². The van der Waals surface area contributed by atoms with E-state index >= 15 is 0 Å². The van der Waals surface area contributed by atoms with Crippen molar-refractivity contribution >= 4 is 11.8 Å². The molecule has 0 amide bonds. The number of hydrogen-bond donors (Lipinski definition) is 2. The highest BCUT2D eigenvalue weighted by molar-refractivity contribution is 5.69. The molecule has 0 saturated heterocycles. The summed E-state index contributed by atoms with van der Waals surface area (Å²) in [6, 6.07) is 0. The summed E-state index contributed by atoms with van der Waals surface area (Å²) in [6.45, 7) is 6.35. The molecule has 2 heterocycles. The molecule has 0 aromatic carbocycles. The first-order valence-corrected chi connectivity index (χ1v) is 7.40. The molecule has 0 bridgehead atoms. The lowest BCUT2D eigenvalue weighted by atomic mass is 10.3. The number of nitrogens with one attached hydrogen (secondary N) is 2. The van der Waals surface area contributed by atoms with Crippen molar-refractivity contribution in [2.75, 3.05) is 44.4 Å². The van der Waals surface area contributed by atoms with Crippen molar-refractivity contribution in [2.24, 2.45) is 0 Å². The highest BCUT2D eigenvalue weighted by Gasteiger charge is 2.14. The molecule has 0 atom stereocenters. The highest BCUT2D eigenvalue weighted by Crippen LogP contribution is 2.25. The minimum Gasteiger partial charge on any atom is -0.421 e. The summed E-state index contributed by atoms with van der Waals surface area (Å²) < 4.78 is 5.47. The quantitative estimate of drug-likeness (QED) is 0.760. The molecule has 2 N–H and O–H groups in total. The number of hydrogen-bond acceptors (Lipinski definition) is 8. The molecule has 0 radical (unpaired) electrons. The molecule has 2 rings (SSSR count). The molecule has 2 aromatic heterocycles. The van der Waals surface area contributed by atoms with E-state index in [0.717, 1.165) is 26.1 Å². The Morgan fingerprint density at radius 1 is 1.18 bits per heavy atom. The molecule has 8 nitrogen and oxygen atoms in total. The molecule has 120 valence electrons. The fourth-order valence-corrected chi connectivity index (χ4v) is 1.80. The van der Waals surface area contributed by atoms with Gasteiger partial charge in [-0.3, -0.25) is 0 Å². The maximum atomic E-state index is 5.47. The van der Waals surface area contributed by atoms with Crippen molar-refractivity contribution in [1.82, 2.24) is 25.1 Å². The summed E-state index contributed by atoms with van der Waals surface area (Å²) in [5.41, 5.74) is 0.715. The average Bonchev–Trinajstić information content (AvgIpc) is 2.91. The minimum atomic E-state index is 0.427. The lowest BCUT2D eigenvalue weighted by molar-refractivity contribution is 0.425. The molecule has 0 aliphatic heterocycles. The lowest BCUT2D eigenvalue weighted by Crippen LogP contribution is -2.21. The SMILES string of the molecule is CCCNc1nc(NCCN(C)C)ncc1-c1nnc(C)o1. The summed E-state index contributed by atoms with van der Waals surface area (Å²) in [5.74, 6) is 2.23. The van der Waals surface area contributed by atoms with Crippen molar-refractivity contribution in [1.29, 1.82) is 0 Å². The third-order valence-electron chi connectivity index (χ3n) is 2.93. The summed E-state index contributed by atoms with van der Waals surface area (Å²) in [4.78, 5) is 10.9. The average molecular weight is 305 g/mol. The predicted octanol–water partition coefficient (Wildman–Crippen LogP) is 1.63. The lowest BCUT2D eigenvalue weighted by Gasteiger charge is -2.12. The number of rotatable bonds is 8. The Morgan fingerprint density at radius 2 is 2.00 bits per heavy atom. The maximum absolute atomic E-state index is 5.47. The van der Waals surface area contributed by atoms with Crippen LogP contribution in [-0.2, 0) is 0 Å². The molecule has 8 heteroatoms. The van der Waals surface area contributed by atoms with Gasteiger partial charge in [0.05, 0.1) is 5.56 Å². The number of likely N-dealkylation sites (N-methyl/N-ethyl adjacent to an activating group) is 1. The molecule has 0 aliphatic rings. The van der Waals surface area contributed by atoms with E-state index in [2.05, 4.69) is 42.6 Å². The second-order valence-electron chi connectivity index (χ2n) is 5.24. The van der Waals surface area contributed by atoms with Gasteiger partial charge in [-0.25, -0.2) is 4.98 Å². The summed E-state index contributed by atoms with van der Waals surface area (Å²) in [5, 5.41) is 14.4. The predicted molar refractivity (Wildman–Crippen MR) is 85.9 cm³/mol. The molecular formula is C14H23N7O. The van der Waals surface area contributed by atoms with Crippen molar-refractivity contribution in [3.63, 3.8) is 0 Å². The van der Waals surface area contributed by atoms with Crippen molar-refractivity contribution in [3.8, 4) is 11.5 Å². The topological polar surface area (TPSA) is 92.0 Å². The first kappa shape index (κ1) is 16.2. The fourth-order valence-electron chi connectivity index (χ4n) is 1.80. The smallest absolute Gasteiger partial charge is 0.253 e. The van der Waals surface area contributed by atoms with Crippen LogP contribution in [0.1, 0.15) is 19.2 Å². The van der Waals surface area contributed by atoms with E-state index < -0.39 is 0 Å². The molecule has 0 saturated carbocycles. The number of aromatic nitrogens is 4. The number of nitrogens with zero attached hydrogens (tertiary/aromatic N) is 5. The van der Waals surface area contributed by atoms with E-state index in [1.165, 1.54) is 0 Å². The van der Waals surface area contributed by atoms with Crippen LogP contribution < -0.4 is 10.6 Å². The van der Waals surface area contributed by atoms with Crippen LogP contribution in [0.2, 0.25) is 0 Å². The summed E-state index contributed by atoms with van der Waals surface area (Å²) in [7, 11) is 4.05. The Bertz CT molecular complexity index is 597. The van der Waals surface area contributed by atoms with Gasteiger partial charge in [0.25, 0.3) is 5.89 Å². The van der Waals surface area contributed by atoms with Gasteiger partial charge >= 0.3 is 0 Å². The monoisotopic (exact) mass is 305 g/mol.